The summed E-state index contributed by atoms with van der Waals surface area (Å²) in [5.74, 6) is -1.01. The molecule has 0 aromatic heterocycles. The number of urea groups is 1. The molecular formula is C23H22N2O6S. The maximum absolute atomic E-state index is 12.9. The van der Waals surface area contributed by atoms with E-state index in [1.54, 1.807) is 56.3 Å². The molecule has 0 saturated carbocycles. The lowest BCUT2D eigenvalue weighted by molar-refractivity contribution is 0.0524. The highest BCUT2D eigenvalue weighted by molar-refractivity contribution is 7.87. The Labute approximate surface area is 186 Å². The predicted molar refractivity (Wildman–Crippen MR) is 120 cm³/mol. The van der Waals surface area contributed by atoms with Crippen LogP contribution in [0.3, 0.4) is 0 Å². The molecule has 3 rings (SSSR count). The Kier molecular flexibility index (Phi) is 7.11. The molecule has 3 aromatic carbocycles. The van der Waals surface area contributed by atoms with Gasteiger partial charge in [-0.25, -0.2) is 9.59 Å². The molecule has 2 amide bonds. The van der Waals surface area contributed by atoms with Crippen LogP contribution in [0.4, 0.5) is 16.2 Å². The lowest BCUT2D eigenvalue weighted by Gasteiger charge is -2.14. The number of carbonyl (C=O) groups is 2. The first-order valence-electron chi connectivity index (χ1n) is 9.74. The van der Waals surface area contributed by atoms with Gasteiger partial charge in [0.1, 0.15) is 10.5 Å². The Morgan fingerprint density at radius 2 is 1.53 bits per heavy atom. The number of nitrogens with one attached hydrogen (secondary N) is 2. The molecule has 9 heteroatoms. The molecule has 2 N–H and O–H groups in total. The average molecular weight is 455 g/mol. The normalized spacial score (nSPS) is 10.8. The quantitative estimate of drug-likeness (QED) is 0.399. The first-order chi connectivity index (χ1) is 15.3. The number of anilines is 2. The van der Waals surface area contributed by atoms with Gasteiger partial charge in [0.15, 0.2) is 5.75 Å². The Balaban J connectivity index is 1.90. The van der Waals surface area contributed by atoms with E-state index in [1.807, 2.05) is 6.07 Å². The first-order valence-corrected chi connectivity index (χ1v) is 11.2. The fourth-order valence-electron chi connectivity index (χ4n) is 2.86. The fourth-order valence-corrected chi connectivity index (χ4v) is 4.03. The number of para-hydroxylation sites is 1. The van der Waals surface area contributed by atoms with Crippen LogP contribution >= 0.6 is 0 Å². The summed E-state index contributed by atoms with van der Waals surface area (Å²) < 4.78 is 36.0. The van der Waals surface area contributed by atoms with Crippen LogP contribution in [0.1, 0.15) is 22.8 Å². The highest BCUT2D eigenvalue weighted by atomic mass is 32.2. The SMILES string of the molecule is CCOC(=O)c1ccc(NC(=O)Nc2ccccc2)cc1OS(=O)(=O)c1ccccc1C. The van der Waals surface area contributed by atoms with Crippen LogP contribution < -0.4 is 14.8 Å². The van der Waals surface area contributed by atoms with Crippen molar-refractivity contribution in [1.82, 2.24) is 0 Å². The minimum atomic E-state index is -4.24. The van der Waals surface area contributed by atoms with E-state index in [-0.39, 0.29) is 28.5 Å². The van der Waals surface area contributed by atoms with Crippen LogP contribution in [0, 0.1) is 6.92 Å². The summed E-state index contributed by atoms with van der Waals surface area (Å²) in [6, 6.07) is 18.6. The molecule has 32 heavy (non-hydrogen) atoms. The summed E-state index contributed by atoms with van der Waals surface area (Å²) in [7, 11) is -4.24. The molecule has 166 valence electrons. The Hall–Kier alpha value is -3.85. The minimum absolute atomic E-state index is 0.0324. The summed E-state index contributed by atoms with van der Waals surface area (Å²) in [6.45, 7) is 3.36. The van der Waals surface area contributed by atoms with Crippen molar-refractivity contribution in [2.75, 3.05) is 17.2 Å². The van der Waals surface area contributed by atoms with Gasteiger partial charge in [-0.15, -0.1) is 0 Å². The average Bonchev–Trinajstić information content (AvgIpc) is 2.74. The zero-order valence-corrected chi connectivity index (χ0v) is 18.3. The van der Waals surface area contributed by atoms with Crippen molar-refractivity contribution in [3.05, 3.63) is 83.9 Å². The molecule has 0 bridgehead atoms. The Morgan fingerprint density at radius 3 is 2.22 bits per heavy atom. The zero-order chi connectivity index (χ0) is 23.1. The molecule has 0 aliphatic rings. The van der Waals surface area contributed by atoms with Gasteiger partial charge >= 0.3 is 22.1 Å². The third kappa shape index (κ3) is 5.64. The zero-order valence-electron chi connectivity index (χ0n) is 17.5. The van der Waals surface area contributed by atoms with Gasteiger partial charge in [0, 0.05) is 17.4 Å². The number of ether oxygens (including phenoxy) is 1. The summed E-state index contributed by atoms with van der Waals surface area (Å²) in [4.78, 5) is 24.6. The molecule has 0 saturated heterocycles. The summed E-state index contributed by atoms with van der Waals surface area (Å²) in [6.07, 6.45) is 0. The van der Waals surface area contributed by atoms with Crippen molar-refractivity contribution in [2.24, 2.45) is 0 Å². The number of esters is 1. The van der Waals surface area contributed by atoms with E-state index in [2.05, 4.69) is 10.6 Å². The number of amides is 2. The van der Waals surface area contributed by atoms with Crippen LogP contribution in [0.5, 0.6) is 5.75 Å². The highest BCUT2D eigenvalue weighted by Crippen LogP contribution is 2.28. The van der Waals surface area contributed by atoms with Gasteiger partial charge < -0.3 is 19.6 Å². The van der Waals surface area contributed by atoms with Gasteiger partial charge in [0.05, 0.1) is 6.61 Å². The number of carbonyl (C=O) groups excluding carboxylic acids is 2. The van der Waals surface area contributed by atoms with Crippen molar-refractivity contribution in [3.63, 3.8) is 0 Å². The number of hydrogen-bond donors (Lipinski definition) is 2. The van der Waals surface area contributed by atoms with E-state index >= 15 is 0 Å². The fraction of sp³-hybridized carbons (Fsp3) is 0.130. The number of hydrogen-bond acceptors (Lipinski definition) is 6. The predicted octanol–water partition coefficient (Wildman–Crippen LogP) is 4.58. The number of aryl methyl sites for hydroxylation is 1. The first kappa shape index (κ1) is 22.8. The third-order valence-corrected chi connectivity index (χ3v) is 5.72. The van der Waals surface area contributed by atoms with Crippen LogP contribution in [-0.4, -0.2) is 27.0 Å². The van der Waals surface area contributed by atoms with Crippen LogP contribution in [0.15, 0.2) is 77.7 Å². The van der Waals surface area contributed by atoms with E-state index in [0.29, 0.717) is 11.3 Å². The van der Waals surface area contributed by atoms with Crippen molar-refractivity contribution in [2.45, 2.75) is 18.7 Å². The van der Waals surface area contributed by atoms with Gasteiger partial charge in [-0.3, -0.25) is 0 Å². The smallest absolute Gasteiger partial charge is 0.341 e. The standard InChI is InChI=1S/C23H22N2O6S/c1-3-30-22(26)19-14-13-18(25-23(27)24-17-10-5-4-6-11-17)15-20(19)31-32(28,29)21-12-8-7-9-16(21)2/h4-15H,3H2,1-2H3,(H2,24,25,27). The Bertz CT molecular complexity index is 1230. The highest BCUT2D eigenvalue weighted by Gasteiger charge is 2.24. The van der Waals surface area contributed by atoms with Crippen molar-refractivity contribution >= 4 is 33.5 Å². The monoisotopic (exact) mass is 454 g/mol. The van der Waals surface area contributed by atoms with Gasteiger partial charge in [0.25, 0.3) is 0 Å². The number of rotatable bonds is 7. The summed E-state index contributed by atoms with van der Waals surface area (Å²) in [5.41, 5.74) is 1.20. The molecule has 0 spiro atoms. The Morgan fingerprint density at radius 1 is 0.875 bits per heavy atom. The second-order valence-electron chi connectivity index (χ2n) is 6.68. The van der Waals surface area contributed by atoms with Crippen LogP contribution in [-0.2, 0) is 14.9 Å². The molecule has 0 fully saturated rings. The van der Waals surface area contributed by atoms with Crippen molar-refractivity contribution in [3.8, 4) is 5.75 Å². The largest absolute Gasteiger partial charge is 0.462 e. The van der Waals surface area contributed by atoms with Gasteiger partial charge in [-0.05, 0) is 49.7 Å². The molecule has 8 nitrogen and oxygen atoms in total. The van der Waals surface area contributed by atoms with Gasteiger partial charge in [0.2, 0.25) is 0 Å². The van der Waals surface area contributed by atoms with Crippen molar-refractivity contribution in [1.29, 1.82) is 0 Å². The minimum Gasteiger partial charge on any atom is -0.462 e. The maximum Gasteiger partial charge on any atom is 0.341 e. The second kappa shape index (κ2) is 9.97. The lowest BCUT2D eigenvalue weighted by Crippen LogP contribution is -2.20. The topological polar surface area (TPSA) is 111 Å². The van der Waals surface area contributed by atoms with Gasteiger partial charge in [-0.1, -0.05) is 36.4 Å². The molecule has 0 atom stereocenters. The number of benzene rings is 3. The summed E-state index contributed by atoms with van der Waals surface area (Å²) in [5, 5.41) is 5.24. The van der Waals surface area contributed by atoms with Crippen LogP contribution in [0.2, 0.25) is 0 Å². The van der Waals surface area contributed by atoms with E-state index in [0.717, 1.165) is 0 Å². The van der Waals surface area contributed by atoms with E-state index in [1.165, 1.54) is 24.3 Å². The van der Waals surface area contributed by atoms with E-state index < -0.39 is 22.1 Å². The van der Waals surface area contributed by atoms with Crippen molar-refractivity contribution < 1.29 is 26.9 Å². The third-order valence-electron chi connectivity index (χ3n) is 4.33. The molecule has 0 unspecified atom stereocenters. The van der Waals surface area contributed by atoms with E-state index in [4.69, 9.17) is 8.92 Å². The molecule has 0 aliphatic heterocycles. The molecule has 3 aromatic rings. The molecule has 0 heterocycles. The molecular weight excluding hydrogens is 432 g/mol. The summed E-state index contributed by atoms with van der Waals surface area (Å²) >= 11 is 0. The lowest BCUT2D eigenvalue weighted by atomic mass is 10.2. The van der Waals surface area contributed by atoms with Gasteiger partial charge in [-0.2, -0.15) is 8.42 Å². The second-order valence-corrected chi connectivity index (χ2v) is 8.19. The maximum atomic E-state index is 12.9. The molecule has 0 aliphatic carbocycles. The van der Waals surface area contributed by atoms with Crippen LogP contribution in [0.25, 0.3) is 0 Å². The van der Waals surface area contributed by atoms with E-state index in [9.17, 15) is 18.0 Å². The molecule has 0 radical (unpaired) electrons.